The maximum Gasteiger partial charge on any atom is 0.199 e. The highest BCUT2D eigenvalue weighted by atomic mass is 16.7. The van der Waals surface area contributed by atoms with Crippen LogP contribution in [-0.2, 0) is 18.9 Å². The van der Waals surface area contributed by atoms with Gasteiger partial charge in [-0.15, -0.1) is 0 Å². The van der Waals surface area contributed by atoms with Gasteiger partial charge in [-0.3, -0.25) is 0 Å². The van der Waals surface area contributed by atoms with E-state index in [9.17, 15) is 0 Å². The minimum atomic E-state index is -0.137. The summed E-state index contributed by atoms with van der Waals surface area (Å²) in [5.74, 6) is 1.42. The second-order valence-corrected chi connectivity index (χ2v) is 3.73. The summed E-state index contributed by atoms with van der Waals surface area (Å²) in [6.45, 7) is 8.41. The lowest BCUT2D eigenvalue weighted by molar-refractivity contribution is -0.0581. The Morgan fingerprint density at radius 3 is 1.73 bits per heavy atom. The van der Waals surface area contributed by atoms with Crippen LogP contribution in [0.4, 0.5) is 0 Å². The summed E-state index contributed by atoms with van der Waals surface area (Å²) in [5, 5.41) is 0. The molecule has 2 aliphatic heterocycles. The second kappa shape index (κ2) is 4.68. The van der Waals surface area contributed by atoms with Crippen LogP contribution in [0.1, 0.15) is 19.3 Å². The van der Waals surface area contributed by atoms with Gasteiger partial charge in [0.1, 0.15) is 24.7 Å². The van der Waals surface area contributed by atoms with E-state index in [-0.39, 0.29) is 12.6 Å². The summed E-state index contributed by atoms with van der Waals surface area (Å²) < 4.78 is 21.3. The van der Waals surface area contributed by atoms with Gasteiger partial charge in [0.15, 0.2) is 12.6 Å². The molecular formula is C11H16O4. The molecule has 2 atom stereocenters. The molecule has 0 aliphatic carbocycles. The predicted molar refractivity (Wildman–Crippen MR) is 53.8 cm³/mol. The first kappa shape index (κ1) is 10.5. The Labute approximate surface area is 89.5 Å². The molecule has 0 bridgehead atoms. The molecule has 4 heteroatoms. The third-order valence-corrected chi connectivity index (χ3v) is 2.34. The molecule has 2 rings (SSSR count). The normalized spacial score (nSPS) is 30.4. The summed E-state index contributed by atoms with van der Waals surface area (Å²) in [6, 6.07) is 0. The van der Waals surface area contributed by atoms with Gasteiger partial charge in [-0.1, -0.05) is 13.2 Å². The topological polar surface area (TPSA) is 36.9 Å². The van der Waals surface area contributed by atoms with Gasteiger partial charge < -0.3 is 18.9 Å². The van der Waals surface area contributed by atoms with Crippen molar-refractivity contribution in [2.45, 2.75) is 31.8 Å². The van der Waals surface area contributed by atoms with Crippen LogP contribution in [0.2, 0.25) is 0 Å². The fourth-order valence-electron chi connectivity index (χ4n) is 1.62. The quantitative estimate of drug-likeness (QED) is 0.713. The van der Waals surface area contributed by atoms with E-state index in [0.29, 0.717) is 24.7 Å². The number of hydrogen-bond acceptors (Lipinski definition) is 4. The van der Waals surface area contributed by atoms with E-state index >= 15 is 0 Å². The minimum Gasteiger partial charge on any atom is -0.467 e. The number of rotatable bonds is 4. The molecular weight excluding hydrogens is 196 g/mol. The minimum absolute atomic E-state index is 0.137. The van der Waals surface area contributed by atoms with Crippen molar-refractivity contribution in [1.29, 1.82) is 0 Å². The lowest BCUT2D eigenvalue weighted by Gasteiger charge is -2.11. The van der Waals surface area contributed by atoms with Crippen molar-refractivity contribution in [3.05, 3.63) is 24.7 Å². The SMILES string of the molecule is C=C1COC(CCCC2OCC(=C)O2)O1. The Morgan fingerprint density at radius 1 is 0.933 bits per heavy atom. The molecule has 0 aromatic heterocycles. The van der Waals surface area contributed by atoms with Crippen molar-refractivity contribution in [3.8, 4) is 0 Å². The molecule has 0 radical (unpaired) electrons. The zero-order valence-corrected chi connectivity index (χ0v) is 8.74. The molecule has 2 unspecified atom stereocenters. The fourth-order valence-corrected chi connectivity index (χ4v) is 1.62. The average molecular weight is 212 g/mol. The van der Waals surface area contributed by atoms with E-state index in [1.165, 1.54) is 0 Å². The number of ether oxygens (including phenoxy) is 4. The van der Waals surface area contributed by atoms with Crippen LogP contribution in [-0.4, -0.2) is 25.8 Å². The summed E-state index contributed by atoms with van der Waals surface area (Å²) in [4.78, 5) is 0. The summed E-state index contributed by atoms with van der Waals surface area (Å²) >= 11 is 0. The monoisotopic (exact) mass is 212 g/mol. The number of hydrogen-bond donors (Lipinski definition) is 0. The zero-order valence-electron chi connectivity index (χ0n) is 8.74. The molecule has 0 amide bonds. The van der Waals surface area contributed by atoms with Gasteiger partial charge in [-0.05, 0) is 6.42 Å². The molecule has 84 valence electrons. The lowest BCUT2D eigenvalue weighted by atomic mass is 10.2. The molecule has 2 saturated heterocycles. The van der Waals surface area contributed by atoms with Crippen LogP contribution in [0.15, 0.2) is 24.7 Å². The average Bonchev–Trinajstić information content (AvgIpc) is 2.76. The van der Waals surface area contributed by atoms with E-state index in [1.807, 2.05) is 0 Å². The Hall–Kier alpha value is -1.00. The molecule has 2 heterocycles. The first-order chi connectivity index (χ1) is 7.24. The molecule has 0 spiro atoms. The Bertz CT molecular complexity index is 235. The van der Waals surface area contributed by atoms with Crippen molar-refractivity contribution < 1.29 is 18.9 Å². The highest BCUT2D eigenvalue weighted by Crippen LogP contribution is 2.22. The van der Waals surface area contributed by atoms with Crippen molar-refractivity contribution in [2.75, 3.05) is 13.2 Å². The van der Waals surface area contributed by atoms with Crippen molar-refractivity contribution in [1.82, 2.24) is 0 Å². The van der Waals surface area contributed by atoms with Crippen LogP contribution >= 0.6 is 0 Å². The van der Waals surface area contributed by atoms with Gasteiger partial charge in [0.05, 0.1) is 0 Å². The van der Waals surface area contributed by atoms with Crippen LogP contribution in [0.25, 0.3) is 0 Å². The first-order valence-electron chi connectivity index (χ1n) is 5.16. The van der Waals surface area contributed by atoms with Gasteiger partial charge >= 0.3 is 0 Å². The fraction of sp³-hybridized carbons (Fsp3) is 0.636. The van der Waals surface area contributed by atoms with E-state index < -0.39 is 0 Å². The summed E-state index contributed by atoms with van der Waals surface area (Å²) in [5.41, 5.74) is 0. The van der Waals surface area contributed by atoms with Crippen LogP contribution < -0.4 is 0 Å². The molecule has 2 fully saturated rings. The van der Waals surface area contributed by atoms with Crippen molar-refractivity contribution in [2.24, 2.45) is 0 Å². The summed E-state index contributed by atoms with van der Waals surface area (Å²) in [7, 11) is 0. The van der Waals surface area contributed by atoms with Gasteiger partial charge in [0, 0.05) is 12.8 Å². The Morgan fingerprint density at radius 2 is 1.40 bits per heavy atom. The largest absolute Gasteiger partial charge is 0.467 e. The highest BCUT2D eigenvalue weighted by Gasteiger charge is 2.22. The zero-order chi connectivity index (χ0) is 10.7. The van der Waals surface area contributed by atoms with Gasteiger partial charge in [0.25, 0.3) is 0 Å². The third kappa shape index (κ3) is 2.97. The Balaban J connectivity index is 1.59. The van der Waals surface area contributed by atoms with E-state index in [1.54, 1.807) is 0 Å². The molecule has 4 nitrogen and oxygen atoms in total. The van der Waals surface area contributed by atoms with E-state index in [4.69, 9.17) is 18.9 Å². The molecule has 2 aliphatic rings. The van der Waals surface area contributed by atoms with E-state index in [2.05, 4.69) is 13.2 Å². The lowest BCUT2D eigenvalue weighted by Crippen LogP contribution is -2.11. The maximum atomic E-state index is 5.33. The highest BCUT2D eigenvalue weighted by molar-refractivity contribution is 4.88. The predicted octanol–water partition coefficient (Wildman–Crippen LogP) is 1.93. The van der Waals surface area contributed by atoms with Gasteiger partial charge in [-0.2, -0.15) is 0 Å². The maximum absolute atomic E-state index is 5.33. The first-order valence-corrected chi connectivity index (χ1v) is 5.16. The second-order valence-electron chi connectivity index (χ2n) is 3.73. The van der Waals surface area contributed by atoms with Crippen LogP contribution in [0, 0.1) is 0 Å². The molecule has 15 heavy (non-hydrogen) atoms. The molecule has 0 N–H and O–H groups in total. The van der Waals surface area contributed by atoms with Gasteiger partial charge in [-0.25, -0.2) is 0 Å². The molecule has 0 aromatic carbocycles. The van der Waals surface area contributed by atoms with Crippen LogP contribution in [0.5, 0.6) is 0 Å². The molecule has 0 aromatic rings. The Kier molecular flexibility index (Phi) is 3.28. The third-order valence-electron chi connectivity index (χ3n) is 2.34. The molecule has 0 saturated carbocycles. The van der Waals surface area contributed by atoms with E-state index in [0.717, 1.165) is 19.3 Å². The van der Waals surface area contributed by atoms with Crippen molar-refractivity contribution in [3.63, 3.8) is 0 Å². The van der Waals surface area contributed by atoms with Gasteiger partial charge in [0.2, 0.25) is 0 Å². The standard InChI is InChI=1S/C11H16O4/c1-8-6-12-10(14-8)4-3-5-11-13-7-9(2)15-11/h10-11H,1-7H2. The smallest absolute Gasteiger partial charge is 0.199 e. The van der Waals surface area contributed by atoms with Crippen molar-refractivity contribution >= 4 is 0 Å². The van der Waals surface area contributed by atoms with Crippen LogP contribution in [0.3, 0.4) is 0 Å². The summed E-state index contributed by atoms with van der Waals surface area (Å²) in [6.07, 6.45) is 2.35.